The lowest BCUT2D eigenvalue weighted by Gasteiger charge is -2.37. The second-order valence-electron chi connectivity index (χ2n) is 5.23. The number of benzene rings is 1. The molecular weight excluding hydrogens is 254 g/mol. The molecule has 1 aliphatic carbocycles. The summed E-state index contributed by atoms with van der Waals surface area (Å²) in [4.78, 5) is 14.2. The molecule has 1 saturated carbocycles. The number of amides is 1. The number of hydrogen-bond donors (Lipinski definition) is 3. The van der Waals surface area contributed by atoms with E-state index in [2.05, 4.69) is 10.2 Å². The molecule has 1 aromatic carbocycles. The van der Waals surface area contributed by atoms with Crippen LogP contribution in [0.4, 0.5) is 11.4 Å². The molecule has 4 N–H and O–H groups in total. The van der Waals surface area contributed by atoms with Gasteiger partial charge >= 0.3 is 0 Å². The summed E-state index contributed by atoms with van der Waals surface area (Å²) in [5.74, 6) is -0.0369. The molecule has 110 valence electrons. The van der Waals surface area contributed by atoms with Crippen LogP contribution in [0, 0.1) is 0 Å². The van der Waals surface area contributed by atoms with Crippen LogP contribution in [0.5, 0.6) is 0 Å². The Bertz CT molecular complexity index is 446. The Hall–Kier alpha value is -1.59. The second-order valence-corrected chi connectivity index (χ2v) is 5.23. The van der Waals surface area contributed by atoms with Crippen molar-refractivity contribution in [2.75, 3.05) is 30.7 Å². The van der Waals surface area contributed by atoms with Crippen molar-refractivity contribution in [1.82, 2.24) is 4.90 Å². The number of para-hydroxylation sites is 2. The topological polar surface area (TPSA) is 78.6 Å². The summed E-state index contributed by atoms with van der Waals surface area (Å²) in [6.07, 6.45) is 4.02. The Kier molecular flexibility index (Phi) is 5.38. The predicted octanol–water partition coefficient (Wildman–Crippen LogP) is 1.44. The average molecular weight is 277 g/mol. The second kappa shape index (κ2) is 7.26. The number of nitrogens with one attached hydrogen (secondary N) is 1. The molecule has 0 heterocycles. The Morgan fingerprint density at radius 1 is 1.35 bits per heavy atom. The van der Waals surface area contributed by atoms with Crippen molar-refractivity contribution >= 4 is 17.3 Å². The van der Waals surface area contributed by atoms with Gasteiger partial charge in [-0.25, -0.2) is 0 Å². The average Bonchev–Trinajstić information content (AvgIpc) is 2.37. The predicted molar refractivity (Wildman–Crippen MR) is 80.4 cm³/mol. The molecule has 20 heavy (non-hydrogen) atoms. The van der Waals surface area contributed by atoms with E-state index in [1.54, 1.807) is 12.1 Å². The summed E-state index contributed by atoms with van der Waals surface area (Å²) in [6, 6.07) is 7.78. The van der Waals surface area contributed by atoms with Gasteiger partial charge in [0.15, 0.2) is 0 Å². The maximum Gasteiger partial charge on any atom is 0.225 e. The van der Waals surface area contributed by atoms with Gasteiger partial charge in [-0.2, -0.15) is 0 Å². The normalized spacial score (nSPS) is 15.1. The number of hydrogen-bond acceptors (Lipinski definition) is 4. The number of rotatable bonds is 7. The number of aliphatic hydroxyl groups excluding tert-OH is 1. The molecule has 5 nitrogen and oxygen atoms in total. The molecule has 1 amide bonds. The van der Waals surface area contributed by atoms with E-state index in [-0.39, 0.29) is 12.5 Å². The Morgan fingerprint density at radius 3 is 2.70 bits per heavy atom. The molecule has 0 aromatic heterocycles. The summed E-state index contributed by atoms with van der Waals surface area (Å²) in [5.41, 5.74) is 7.03. The third kappa shape index (κ3) is 3.95. The lowest BCUT2D eigenvalue weighted by Crippen LogP contribution is -2.43. The van der Waals surface area contributed by atoms with Gasteiger partial charge in [-0.3, -0.25) is 9.69 Å². The van der Waals surface area contributed by atoms with Gasteiger partial charge in [-0.15, -0.1) is 0 Å². The van der Waals surface area contributed by atoms with Crippen molar-refractivity contribution in [2.24, 2.45) is 0 Å². The zero-order valence-electron chi connectivity index (χ0n) is 11.7. The fraction of sp³-hybridized carbons (Fsp3) is 0.533. The first-order valence-electron chi connectivity index (χ1n) is 7.20. The number of nitrogens with two attached hydrogens (primary N) is 1. The number of nitrogen functional groups attached to an aromatic ring is 1. The minimum Gasteiger partial charge on any atom is -0.397 e. The fourth-order valence-electron chi connectivity index (χ4n) is 2.43. The van der Waals surface area contributed by atoms with Crippen LogP contribution in [0.3, 0.4) is 0 Å². The summed E-state index contributed by atoms with van der Waals surface area (Å²) in [6.45, 7) is 1.47. The lowest BCUT2D eigenvalue weighted by atomic mass is 9.91. The van der Waals surface area contributed by atoms with E-state index in [1.807, 2.05) is 12.1 Å². The zero-order chi connectivity index (χ0) is 14.4. The van der Waals surface area contributed by atoms with Gasteiger partial charge in [0.2, 0.25) is 5.91 Å². The minimum atomic E-state index is -0.0369. The maximum atomic E-state index is 11.9. The van der Waals surface area contributed by atoms with E-state index >= 15 is 0 Å². The largest absolute Gasteiger partial charge is 0.397 e. The number of carbonyl (C=O) groups is 1. The van der Waals surface area contributed by atoms with Crippen molar-refractivity contribution in [3.63, 3.8) is 0 Å². The van der Waals surface area contributed by atoms with Gasteiger partial charge in [0.1, 0.15) is 0 Å². The molecule has 1 aromatic rings. The summed E-state index contributed by atoms with van der Waals surface area (Å²) < 4.78 is 0. The Balaban J connectivity index is 1.80. The van der Waals surface area contributed by atoms with Crippen molar-refractivity contribution < 1.29 is 9.90 Å². The first-order chi connectivity index (χ1) is 9.70. The number of nitrogens with zero attached hydrogens (tertiary/aromatic N) is 1. The molecule has 0 unspecified atom stereocenters. The Morgan fingerprint density at radius 2 is 2.10 bits per heavy atom. The number of carbonyl (C=O) groups excluding carboxylic acids is 1. The van der Waals surface area contributed by atoms with E-state index < -0.39 is 0 Å². The quantitative estimate of drug-likeness (QED) is 0.659. The highest BCUT2D eigenvalue weighted by Crippen LogP contribution is 2.24. The van der Waals surface area contributed by atoms with Gasteiger partial charge < -0.3 is 16.2 Å². The first-order valence-corrected chi connectivity index (χ1v) is 7.20. The molecule has 0 aliphatic heterocycles. The summed E-state index contributed by atoms with van der Waals surface area (Å²) in [7, 11) is 0. The van der Waals surface area contributed by atoms with Crippen LogP contribution in [0.2, 0.25) is 0 Å². The Labute approximate surface area is 119 Å². The summed E-state index contributed by atoms with van der Waals surface area (Å²) >= 11 is 0. The molecule has 0 atom stereocenters. The molecule has 0 radical (unpaired) electrons. The van der Waals surface area contributed by atoms with Crippen molar-refractivity contribution in [3.05, 3.63) is 24.3 Å². The van der Waals surface area contributed by atoms with Crippen molar-refractivity contribution in [2.45, 2.75) is 31.7 Å². The third-order valence-electron chi connectivity index (χ3n) is 3.84. The van der Waals surface area contributed by atoms with Crippen LogP contribution in [-0.2, 0) is 4.79 Å². The SMILES string of the molecule is Nc1ccccc1NC(=O)CCN(CCO)C1CCC1. The lowest BCUT2D eigenvalue weighted by molar-refractivity contribution is -0.116. The number of anilines is 2. The maximum absolute atomic E-state index is 11.9. The van der Waals surface area contributed by atoms with E-state index in [9.17, 15) is 4.79 Å². The molecule has 2 rings (SSSR count). The van der Waals surface area contributed by atoms with Gasteiger partial charge in [0, 0.05) is 25.6 Å². The first kappa shape index (κ1) is 14.8. The van der Waals surface area contributed by atoms with Crippen molar-refractivity contribution in [1.29, 1.82) is 0 Å². The monoisotopic (exact) mass is 277 g/mol. The smallest absolute Gasteiger partial charge is 0.225 e. The van der Waals surface area contributed by atoms with Gasteiger partial charge in [-0.1, -0.05) is 18.6 Å². The van der Waals surface area contributed by atoms with Gasteiger partial charge in [-0.05, 0) is 25.0 Å². The molecular formula is C15H23N3O2. The number of aliphatic hydroxyl groups is 1. The van der Waals surface area contributed by atoms with Crippen LogP contribution in [0.1, 0.15) is 25.7 Å². The third-order valence-corrected chi connectivity index (χ3v) is 3.84. The molecule has 1 aliphatic rings. The van der Waals surface area contributed by atoms with Gasteiger partial charge in [0.25, 0.3) is 0 Å². The standard InChI is InChI=1S/C15H23N3O2/c16-13-6-1-2-7-14(13)17-15(20)8-9-18(10-11-19)12-4-3-5-12/h1-2,6-7,12,19H,3-5,8-11,16H2,(H,17,20). The van der Waals surface area contributed by atoms with Crippen LogP contribution in [-0.4, -0.2) is 41.7 Å². The van der Waals surface area contributed by atoms with Crippen LogP contribution in [0.15, 0.2) is 24.3 Å². The molecule has 0 saturated heterocycles. The highest BCUT2D eigenvalue weighted by atomic mass is 16.3. The van der Waals surface area contributed by atoms with E-state index in [4.69, 9.17) is 10.8 Å². The molecule has 0 spiro atoms. The highest BCUT2D eigenvalue weighted by molar-refractivity contribution is 5.93. The van der Waals surface area contributed by atoms with E-state index in [0.717, 1.165) is 0 Å². The summed E-state index contributed by atoms with van der Waals surface area (Å²) in [5, 5.41) is 11.9. The van der Waals surface area contributed by atoms with Gasteiger partial charge in [0.05, 0.1) is 18.0 Å². The van der Waals surface area contributed by atoms with Crippen LogP contribution < -0.4 is 11.1 Å². The van der Waals surface area contributed by atoms with Crippen molar-refractivity contribution in [3.8, 4) is 0 Å². The zero-order valence-corrected chi connectivity index (χ0v) is 11.7. The fourth-order valence-corrected chi connectivity index (χ4v) is 2.43. The molecule has 0 bridgehead atoms. The molecule has 5 heteroatoms. The van der Waals surface area contributed by atoms with Crippen LogP contribution >= 0.6 is 0 Å². The van der Waals surface area contributed by atoms with E-state index in [0.29, 0.717) is 36.9 Å². The van der Waals surface area contributed by atoms with E-state index in [1.165, 1.54) is 19.3 Å². The highest BCUT2D eigenvalue weighted by Gasteiger charge is 2.24. The van der Waals surface area contributed by atoms with Crippen LogP contribution in [0.25, 0.3) is 0 Å². The molecule has 1 fully saturated rings. The minimum absolute atomic E-state index is 0.0369.